The molecule has 1 heterocycles. The summed E-state index contributed by atoms with van der Waals surface area (Å²) >= 11 is 0. The Labute approximate surface area is 110 Å². The van der Waals surface area contributed by atoms with Gasteiger partial charge in [-0.05, 0) is 42.5 Å². The van der Waals surface area contributed by atoms with Crippen molar-refractivity contribution in [2.45, 2.75) is 18.8 Å². The van der Waals surface area contributed by atoms with Gasteiger partial charge in [-0.1, -0.05) is 0 Å². The molecular formula is C14H14FN3O. The van der Waals surface area contributed by atoms with Gasteiger partial charge in [0, 0.05) is 18.9 Å². The number of anilines is 1. The monoisotopic (exact) mass is 259 g/mol. The highest BCUT2D eigenvalue weighted by Crippen LogP contribution is 2.42. The fourth-order valence-electron chi connectivity index (χ4n) is 2.05. The fraction of sp³-hybridized carbons (Fsp3) is 0.286. The summed E-state index contributed by atoms with van der Waals surface area (Å²) < 4.78 is 15.3. The van der Waals surface area contributed by atoms with Crippen LogP contribution in [0.2, 0.25) is 0 Å². The normalized spacial score (nSPS) is 14.4. The highest BCUT2D eigenvalue weighted by molar-refractivity contribution is 6.02. The maximum Gasteiger partial charge on any atom is 0.275 e. The lowest BCUT2D eigenvalue weighted by atomic mass is 10.1. The van der Waals surface area contributed by atoms with Crippen LogP contribution in [-0.2, 0) is 7.05 Å². The van der Waals surface area contributed by atoms with Gasteiger partial charge in [0.25, 0.3) is 5.91 Å². The standard InChI is InChI=1S/C14H14FN3O/c1-18-7-13(16-8-18)14(19)17-10-4-5-12(15)11(6-10)9-2-3-9/h4-9H,2-3H2,1H3,(H,17,19). The Morgan fingerprint density at radius 1 is 1.47 bits per heavy atom. The molecule has 1 saturated carbocycles. The number of amides is 1. The number of nitrogens with zero attached hydrogens (tertiary/aromatic N) is 2. The Balaban J connectivity index is 1.79. The second-order valence-corrected chi connectivity index (χ2v) is 4.89. The molecule has 0 spiro atoms. The zero-order valence-electron chi connectivity index (χ0n) is 10.6. The van der Waals surface area contributed by atoms with Crippen molar-refractivity contribution in [3.63, 3.8) is 0 Å². The molecule has 0 bridgehead atoms. The molecule has 0 unspecified atom stereocenters. The molecule has 19 heavy (non-hydrogen) atoms. The van der Waals surface area contributed by atoms with Crippen LogP contribution in [0.3, 0.4) is 0 Å². The smallest absolute Gasteiger partial charge is 0.275 e. The Hall–Kier alpha value is -2.17. The predicted molar refractivity (Wildman–Crippen MR) is 69.5 cm³/mol. The van der Waals surface area contributed by atoms with E-state index >= 15 is 0 Å². The molecule has 1 N–H and O–H groups in total. The van der Waals surface area contributed by atoms with Crippen LogP contribution in [0.5, 0.6) is 0 Å². The third-order valence-corrected chi connectivity index (χ3v) is 3.21. The summed E-state index contributed by atoms with van der Waals surface area (Å²) in [5.41, 5.74) is 1.65. The summed E-state index contributed by atoms with van der Waals surface area (Å²) in [4.78, 5) is 15.9. The molecule has 4 nitrogen and oxygen atoms in total. The zero-order chi connectivity index (χ0) is 13.4. The number of halogens is 1. The van der Waals surface area contributed by atoms with Gasteiger partial charge < -0.3 is 9.88 Å². The number of benzene rings is 1. The third kappa shape index (κ3) is 2.50. The Bertz CT molecular complexity index is 631. The van der Waals surface area contributed by atoms with Crippen molar-refractivity contribution in [2.24, 2.45) is 7.05 Å². The average Bonchev–Trinajstić information content (AvgIpc) is 3.13. The van der Waals surface area contributed by atoms with E-state index in [1.807, 2.05) is 0 Å². The van der Waals surface area contributed by atoms with Crippen LogP contribution in [-0.4, -0.2) is 15.5 Å². The van der Waals surface area contributed by atoms with Gasteiger partial charge in [0.2, 0.25) is 0 Å². The summed E-state index contributed by atoms with van der Waals surface area (Å²) in [6, 6.07) is 4.69. The van der Waals surface area contributed by atoms with Crippen molar-refractivity contribution in [2.75, 3.05) is 5.32 Å². The number of hydrogen-bond acceptors (Lipinski definition) is 2. The molecule has 2 aromatic rings. The lowest BCUT2D eigenvalue weighted by molar-refractivity contribution is 0.102. The molecule has 98 valence electrons. The van der Waals surface area contributed by atoms with Crippen molar-refractivity contribution in [3.8, 4) is 0 Å². The van der Waals surface area contributed by atoms with Crippen molar-refractivity contribution in [1.29, 1.82) is 0 Å². The number of hydrogen-bond donors (Lipinski definition) is 1. The lowest BCUT2D eigenvalue weighted by Gasteiger charge is -2.06. The number of carbonyl (C=O) groups excluding carboxylic acids is 1. The number of nitrogens with one attached hydrogen (secondary N) is 1. The average molecular weight is 259 g/mol. The van der Waals surface area contributed by atoms with Crippen molar-refractivity contribution < 1.29 is 9.18 Å². The SMILES string of the molecule is Cn1cnc(C(=O)Nc2ccc(F)c(C3CC3)c2)c1. The Morgan fingerprint density at radius 2 is 2.26 bits per heavy atom. The minimum Gasteiger partial charge on any atom is -0.340 e. The van der Waals surface area contributed by atoms with Gasteiger partial charge in [-0.3, -0.25) is 4.79 Å². The van der Waals surface area contributed by atoms with Crippen LogP contribution >= 0.6 is 0 Å². The van der Waals surface area contributed by atoms with E-state index in [-0.39, 0.29) is 11.7 Å². The van der Waals surface area contributed by atoms with E-state index in [0.717, 1.165) is 12.8 Å². The van der Waals surface area contributed by atoms with Crippen molar-refractivity contribution >= 4 is 11.6 Å². The number of imidazole rings is 1. The molecule has 0 aliphatic heterocycles. The van der Waals surface area contributed by atoms with Gasteiger partial charge in [0.1, 0.15) is 11.5 Å². The molecule has 0 saturated heterocycles. The van der Waals surface area contributed by atoms with Crippen LogP contribution in [0.25, 0.3) is 0 Å². The molecule has 1 amide bonds. The molecule has 1 aliphatic rings. The lowest BCUT2D eigenvalue weighted by Crippen LogP contribution is -2.12. The van der Waals surface area contributed by atoms with Crippen LogP contribution in [0.15, 0.2) is 30.7 Å². The summed E-state index contributed by atoms with van der Waals surface area (Å²) in [7, 11) is 1.80. The summed E-state index contributed by atoms with van der Waals surface area (Å²) in [5, 5.41) is 2.74. The molecule has 1 aromatic heterocycles. The van der Waals surface area contributed by atoms with Crippen LogP contribution in [0.1, 0.15) is 34.8 Å². The van der Waals surface area contributed by atoms with Gasteiger partial charge >= 0.3 is 0 Å². The third-order valence-electron chi connectivity index (χ3n) is 3.21. The van der Waals surface area contributed by atoms with Crippen LogP contribution in [0, 0.1) is 5.82 Å². The van der Waals surface area contributed by atoms with E-state index < -0.39 is 0 Å². The first-order chi connectivity index (χ1) is 9.13. The van der Waals surface area contributed by atoms with E-state index in [1.165, 1.54) is 6.07 Å². The number of rotatable bonds is 3. The van der Waals surface area contributed by atoms with E-state index in [2.05, 4.69) is 10.3 Å². The fourth-order valence-corrected chi connectivity index (χ4v) is 2.05. The highest BCUT2D eigenvalue weighted by Gasteiger charge is 2.26. The first kappa shape index (κ1) is 11.9. The number of aryl methyl sites for hydroxylation is 1. The molecular weight excluding hydrogens is 245 g/mol. The topological polar surface area (TPSA) is 46.9 Å². The van der Waals surface area contributed by atoms with E-state index in [9.17, 15) is 9.18 Å². The molecule has 1 aliphatic carbocycles. The molecule has 1 fully saturated rings. The van der Waals surface area contributed by atoms with Gasteiger partial charge in [0.15, 0.2) is 0 Å². The first-order valence-corrected chi connectivity index (χ1v) is 6.22. The van der Waals surface area contributed by atoms with Crippen molar-refractivity contribution in [1.82, 2.24) is 9.55 Å². The minimum absolute atomic E-state index is 0.196. The van der Waals surface area contributed by atoms with E-state index in [1.54, 1.807) is 36.3 Å². The Kier molecular flexibility index (Phi) is 2.81. The summed E-state index contributed by atoms with van der Waals surface area (Å²) in [6.07, 6.45) is 5.25. The van der Waals surface area contributed by atoms with E-state index in [4.69, 9.17) is 0 Å². The number of aromatic nitrogens is 2. The van der Waals surface area contributed by atoms with E-state index in [0.29, 0.717) is 22.9 Å². The minimum atomic E-state index is -0.283. The largest absolute Gasteiger partial charge is 0.340 e. The summed E-state index contributed by atoms with van der Waals surface area (Å²) in [6.45, 7) is 0. The molecule has 1 aromatic carbocycles. The quantitative estimate of drug-likeness (QED) is 0.921. The maximum atomic E-state index is 13.6. The predicted octanol–water partition coefficient (Wildman–Crippen LogP) is 2.69. The second kappa shape index (κ2) is 4.50. The molecule has 0 radical (unpaired) electrons. The Morgan fingerprint density at radius 3 is 2.89 bits per heavy atom. The maximum absolute atomic E-state index is 13.6. The van der Waals surface area contributed by atoms with Gasteiger partial charge in [0.05, 0.1) is 6.33 Å². The second-order valence-electron chi connectivity index (χ2n) is 4.89. The summed E-state index contributed by atoms with van der Waals surface area (Å²) in [5.74, 6) is -0.168. The molecule has 5 heteroatoms. The van der Waals surface area contributed by atoms with Crippen molar-refractivity contribution in [3.05, 3.63) is 47.8 Å². The highest BCUT2D eigenvalue weighted by atomic mass is 19.1. The number of carbonyl (C=O) groups is 1. The molecule has 3 rings (SSSR count). The van der Waals surface area contributed by atoms with Gasteiger partial charge in [-0.25, -0.2) is 9.37 Å². The zero-order valence-corrected chi connectivity index (χ0v) is 10.6. The van der Waals surface area contributed by atoms with Crippen LogP contribution in [0.4, 0.5) is 10.1 Å². The van der Waals surface area contributed by atoms with Gasteiger partial charge in [-0.2, -0.15) is 0 Å². The van der Waals surface area contributed by atoms with Gasteiger partial charge in [-0.15, -0.1) is 0 Å². The van der Waals surface area contributed by atoms with Crippen LogP contribution < -0.4 is 5.32 Å². The first-order valence-electron chi connectivity index (χ1n) is 6.22. The molecule has 0 atom stereocenters.